The third-order valence-corrected chi connectivity index (χ3v) is 2.49. The van der Waals surface area contributed by atoms with E-state index >= 15 is 0 Å². The van der Waals surface area contributed by atoms with Crippen molar-refractivity contribution in [3.05, 3.63) is 47.2 Å². The second-order valence-corrected chi connectivity index (χ2v) is 4.15. The molecule has 0 aliphatic rings. The first-order chi connectivity index (χ1) is 7.74. The van der Waals surface area contributed by atoms with Gasteiger partial charge in [-0.05, 0) is 24.6 Å². The molecule has 0 saturated carbocycles. The number of nitrogens with one attached hydrogen (secondary N) is 1. The van der Waals surface area contributed by atoms with Crippen LogP contribution in [0.2, 0.25) is 5.02 Å². The molecule has 2 rings (SSSR count). The summed E-state index contributed by atoms with van der Waals surface area (Å²) >= 11 is 5.77. The molecule has 0 radical (unpaired) electrons. The van der Waals surface area contributed by atoms with Crippen molar-refractivity contribution in [2.24, 2.45) is 0 Å². The summed E-state index contributed by atoms with van der Waals surface area (Å²) in [5.74, 6) is 0. The lowest BCUT2D eigenvalue weighted by molar-refractivity contribution is 0.638. The quantitative estimate of drug-likeness (QED) is 0.883. The highest BCUT2D eigenvalue weighted by Crippen LogP contribution is 2.09. The van der Waals surface area contributed by atoms with E-state index in [0.29, 0.717) is 5.02 Å². The van der Waals surface area contributed by atoms with E-state index in [4.69, 9.17) is 11.6 Å². The zero-order valence-electron chi connectivity index (χ0n) is 9.15. The van der Waals surface area contributed by atoms with Crippen molar-refractivity contribution in [1.29, 1.82) is 0 Å². The van der Waals surface area contributed by atoms with Gasteiger partial charge in [0.2, 0.25) is 0 Å². The molecule has 1 aromatic heterocycles. The lowest BCUT2D eigenvalue weighted by Crippen LogP contribution is -2.10. The van der Waals surface area contributed by atoms with Gasteiger partial charge in [-0.25, -0.2) is 0 Å². The lowest BCUT2D eigenvalue weighted by Gasteiger charge is -2.06. The third-order valence-electron chi connectivity index (χ3n) is 2.29. The fourth-order valence-electron chi connectivity index (χ4n) is 1.53. The Labute approximate surface area is 100 Å². The molecule has 1 N–H and O–H groups in total. The zero-order valence-corrected chi connectivity index (χ0v) is 9.91. The average molecular weight is 236 g/mol. The van der Waals surface area contributed by atoms with E-state index in [-0.39, 0.29) is 0 Å². The Morgan fingerprint density at radius 3 is 3.00 bits per heavy atom. The van der Waals surface area contributed by atoms with Crippen molar-refractivity contribution in [2.45, 2.75) is 13.5 Å². The number of nitrogens with zero attached hydrogens (tertiary/aromatic N) is 2. The highest BCUT2D eigenvalue weighted by Gasteiger charge is 1.95. The minimum Gasteiger partial charge on any atom is -0.383 e. The molecule has 0 aliphatic heterocycles. The van der Waals surface area contributed by atoms with Crippen LogP contribution in [0.4, 0.5) is 5.69 Å². The number of hydrogen-bond acceptors (Lipinski definition) is 2. The Morgan fingerprint density at radius 2 is 2.31 bits per heavy atom. The topological polar surface area (TPSA) is 29.9 Å². The van der Waals surface area contributed by atoms with E-state index in [2.05, 4.69) is 35.5 Å². The van der Waals surface area contributed by atoms with Crippen molar-refractivity contribution in [3.8, 4) is 0 Å². The van der Waals surface area contributed by atoms with Gasteiger partial charge in [-0.1, -0.05) is 23.7 Å². The van der Waals surface area contributed by atoms with Gasteiger partial charge in [0.1, 0.15) is 0 Å². The maximum Gasteiger partial charge on any atom is 0.0785 e. The van der Waals surface area contributed by atoms with Gasteiger partial charge in [0, 0.05) is 18.4 Å². The van der Waals surface area contributed by atoms with Crippen LogP contribution in [-0.4, -0.2) is 16.3 Å². The van der Waals surface area contributed by atoms with Crippen LogP contribution < -0.4 is 5.32 Å². The number of hydrogen-bond donors (Lipinski definition) is 1. The molecule has 3 nitrogen and oxygen atoms in total. The van der Waals surface area contributed by atoms with Gasteiger partial charge >= 0.3 is 0 Å². The molecule has 0 spiro atoms. The molecule has 1 aromatic carbocycles. The first-order valence-corrected chi connectivity index (χ1v) is 5.60. The normalized spacial score (nSPS) is 10.4. The zero-order chi connectivity index (χ0) is 11.4. The molecule has 0 unspecified atom stereocenters. The van der Waals surface area contributed by atoms with Crippen molar-refractivity contribution in [3.63, 3.8) is 0 Å². The van der Waals surface area contributed by atoms with E-state index in [1.807, 2.05) is 16.9 Å². The summed E-state index contributed by atoms with van der Waals surface area (Å²) in [6.07, 6.45) is 3.47. The summed E-state index contributed by atoms with van der Waals surface area (Å²) in [6, 6.07) is 8.31. The lowest BCUT2D eigenvalue weighted by atomic mass is 10.2. The SMILES string of the molecule is Cc1cccc(NCCn2cc(Cl)cn2)c1. The third kappa shape index (κ3) is 3.00. The smallest absolute Gasteiger partial charge is 0.0785 e. The second kappa shape index (κ2) is 5.03. The molecule has 0 atom stereocenters. The minimum atomic E-state index is 0.676. The minimum absolute atomic E-state index is 0.676. The fourth-order valence-corrected chi connectivity index (χ4v) is 1.69. The summed E-state index contributed by atoms with van der Waals surface area (Å²) < 4.78 is 1.82. The van der Waals surface area contributed by atoms with E-state index in [0.717, 1.165) is 18.8 Å². The van der Waals surface area contributed by atoms with Gasteiger partial charge in [-0.3, -0.25) is 4.68 Å². The van der Waals surface area contributed by atoms with E-state index in [9.17, 15) is 0 Å². The van der Waals surface area contributed by atoms with Crippen LogP contribution in [0.25, 0.3) is 0 Å². The second-order valence-electron chi connectivity index (χ2n) is 3.72. The number of rotatable bonds is 4. The molecule has 16 heavy (non-hydrogen) atoms. The molecule has 2 aromatic rings. The molecule has 0 aliphatic carbocycles. The van der Waals surface area contributed by atoms with Crippen molar-refractivity contribution in [1.82, 2.24) is 9.78 Å². The molecule has 1 heterocycles. The van der Waals surface area contributed by atoms with Crippen LogP contribution >= 0.6 is 11.6 Å². The van der Waals surface area contributed by atoms with Gasteiger partial charge in [0.05, 0.1) is 17.8 Å². The summed E-state index contributed by atoms with van der Waals surface area (Å²) in [4.78, 5) is 0. The Balaban J connectivity index is 1.84. The van der Waals surface area contributed by atoms with Crippen LogP contribution in [-0.2, 0) is 6.54 Å². The first kappa shape index (κ1) is 11.0. The predicted octanol–water partition coefficient (Wildman–Crippen LogP) is 2.96. The largest absolute Gasteiger partial charge is 0.383 e. The van der Waals surface area contributed by atoms with Crippen molar-refractivity contribution >= 4 is 17.3 Å². The van der Waals surface area contributed by atoms with Crippen LogP contribution in [0.3, 0.4) is 0 Å². The van der Waals surface area contributed by atoms with Crippen molar-refractivity contribution in [2.75, 3.05) is 11.9 Å². The Hall–Kier alpha value is -1.48. The molecule has 0 bridgehead atoms. The van der Waals surface area contributed by atoms with Gasteiger partial charge in [0.25, 0.3) is 0 Å². The summed E-state index contributed by atoms with van der Waals surface area (Å²) in [5.41, 5.74) is 2.39. The van der Waals surface area contributed by atoms with Gasteiger partial charge in [-0.15, -0.1) is 0 Å². The van der Waals surface area contributed by atoms with Gasteiger partial charge < -0.3 is 5.32 Å². The Morgan fingerprint density at radius 1 is 1.44 bits per heavy atom. The van der Waals surface area contributed by atoms with Gasteiger partial charge in [0.15, 0.2) is 0 Å². The highest BCUT2D eigenvalue weighted by molar-refractivity contribution is 6.30. The van der Waals surface area contributed by atoms with Gasteiger partial charge in [-0.2, -0.15) is 5.10 Å². The van der Waals surface area contributed by atoms with E-state index < -0.39 is 0 Å². The number of anilines is 1. The summed E-state index contributed by atoms with van der Waals surface area (Å²) in [6.45, 7) is 3.72. The number of aryl methyl sites for hydroxylation is 1. The van der Waals surface area contributed by atoms with Crippen LogP contribution in [0, 0.1) is 6.92 Å². The number of benzene rings is 1. The number of halogens is 1. The monoisotopic (exact) mass is 235 g/mol. The average Bonchev–Trinajstić information content (AvgIpc) is 2.64. The Bertz CT molecular complexity index is 465. The van der Waals surface area contributed by atoms with Crippen LogP contribution in [0.1, 0.15) is 5.56 Å². The summed E-state index contributed by atoms with van der Waals surface area (Å²) in [7, 11) is 0. The maximum atomic E-state index is 5.77. The van der Waals surface area contributed by atoms with E-state index in [1.165, 1.54) is 5.56 Å². The van der Waals surface area contributed by atoms with Crippen LogP contribution in [0.5, 0.6) is 0 Å². The predicted molar refractivity (Wildman–Crippen MR) is 66.9 cm³/mol. The van der Waals surface area contributed by atoms with E-state index in [1.54, 1.807) is 6.20 Å². The standard InChI is InChI=1S/C12H14ClN3/c1-10-3-2-4-12(7-10)14-5-6-16-9-11(13)8-15-16/h2-4,7-9,14H,5-6H2,1H3. The molecule has 0 saturated heterocycles. The molecule has 4 heteroatoms. The maximum absolute atomic E-state index is 5.77. The van der Waals surface area contributed by atoms with Crippen molar-refractivity contribution < 1.29 is 0 Å². The summed E-state index contributed by atoms with van der Waals surface area (Å²) in [5, 5.41) is 8.12. The first-order valence-electron chi connectivity index (χ1n) is 5.22. The Kier molecular flexibility index (Phi) is 3.47. The molecular weight excluding hydrogens is 222 g/mol. The highest BCUT2D eigenvalue weighted by atomic mass is 35.5. The molecule has 84 valence electrons. The van der Waals surface area contributed by atoms with Crippen LogP contribution in [0.15, 0.2) is 36.7 Å². The fraction of sp³-hybridized carbons (Fsp3) is 0.250. The molecule has 0 fully saturated rings. The molecule has 0 amide bonds. The molecular formula is C12H14ClN3. The number of aromatic nitrogens is 2.